The molecular weight excluding hydrogens is 266 g/mol. The number of urea groups is 1. The number of carboxylic acid groups (broad SMARTS) is 1. The first-order valence-corrected chi connectivity index (χ1v) is 6.42. The fraction of sp³-hybridized carbons (Fsp3) is 0.750. The molecule has 1 rings (SSSR count). The molecule has 0 aliphatic carbocycles. The Morgan fingerprint density at radius 3 is 2.70 bits per heavy atom. The fourth-order valence-corrected chi connectivity index (χ4v) is 1.90. The molecular formula is C12H21N3O5. The van der Waals surface area contributed by atoms with E-state index >= 15 is 0 Å². The highest BCUT2D eigenvalue weighted by molar-refractivity contribution is 5.90. The maximum Gasteiger partial charge on any atom is 0.328 e. The summed E-state index contributed by atoms with van der Waals surface area (Å²) < 4.78 is 5.02. The molecule has 20 heavy (non-hydrogen) atoms. The van der Waals surface area contributed by atoms with Crippen molar-refractivity contribution < 1.29 is 24.2 Å². The van der Waals surface area contributed by atoms with Gasteiger partial charge >= 0.3 is 12.0 Å². The van der Waals surface area contributed by atoms with Gasteiger partial charge < -0.3 is 20.5 Å². The van der Waals surface area contributed by atoms with E-state index in [2.05, 4.69) is 10.6 Å². The van der Waals surface area contributed by atoms with E-state index in [9.17, 15) is 14.4 Å². The molecule has 0 bridgehead atoms. The molecule has 0 aromatic heterocycles. The smallest absolute Gasteiger partial charge is 0.328 e. The molecule has 2 atom stereocenters. The summed E-state index contributed by atoms with van der Waals surface area (Å²) in [5.74, 6) is -1.39. The lowest BCUT2D eigenvalue weighted by Crippen LogP contribution is -2.62. The van der Waals surface area contributed by atoms with Crippen LogP contribution in [0.1, 0.15) is 13.8 Å². The van der Waals surface area contributed by atoms with Crippen LogP contribution in [-0.2, 0) is 14.3 Å². The number of carbonyl (C=O) groups excluding carboxylic acids is 2. The van der Waals surface area contributed by atoms with Crippen molar-refractivity contribution >= 4 is 17.9 Å². The van der Waals surface area contributed by atoms with Gasteiger partial charge in [0.2, 0.25) is 5.91 Å². The molecule has 8 heteroatoms. The number of carbonyl (C=O) groups is 3. The molecule has 3 N–H and O–H groups in total. The Labute approximate surface area is 117 Å². The van der Waals surface area contributed by atoms with E-state index in [-0.39, 0.29) is 31.0 Å². The first kappa shape index (κ1) is 16.2. The van der Waals surface area contributed by atoms with Crippen molar-refractivity contribution in [2.45, 2.75) is 25.9 Å². The van der Waals surface area contributed by atoms with Gasteiger partial charge in [-0.05, 0) is 5.92 Å². The molecule has 0 aromatic carbocycles. The zero-order chi connectivity index (χ0) is 15.3. The van der Waals surface area contributed by atoms with E-state index in [1.54, 1.807) is 0 Å². The molecule has 1 saturated heterocycles. The van der Waals surface area contributed by atoms with E-state index in [4.69, 9.17) is 9.84 Å². The van der Waals surface area contributed by atoms with Crippen molar-refractivity contribution in [2.75, 3.05) is 26.8 Å². The average Bonchev–Trinajstić information content (AvgIpc) is 2.37. The number of hydrogen-bond donors (Lipinski definition) is 3. The van der Waals surface area contributed by atoms with Gasteiger partial charge in [0.1, 0.15) is 12.6 Å². The van der Waals surface area contributed by atoms with Crippen LogP contribution in [0.3, 0.4) is 0 Å². The number of nitrogens with zero attached hydrogens (tertiary/aromatic N) is 1. The highest BCUT2D eigenvalue weighted by Crippen LogP contribution is 2.08. The number of ether oxygens (including phenoxy) is 1. The van der Waals surface area contributed by atoms with E-state index < -0.39 is 18.0 Å². The summed E-state index contributed by atoms with van der Waals surface area (Å²) in [7, 11) is 1.52. The van der Waals surface area contributed by atoms with Crippen LogP contribution in [0.15, 0.2) is 0 Å². The summed E-state index contributed by atoms with van der Waals surface area (Å²) in [6.45, 7) is 3.81. The number of amides is 3. The van der Waals surface area contributed by atoms with Crippen LogP contribution in [0.2, 0.25) is 0 Å². The largest absolute Gasteiger partial charge is 0.480 e. The van der Waals surface area contributed by atoms with Crippen molar-refractivity contribution in [3.63, 3.8) is 0 Å². The molecule has 0 saturated carbocycles. The van der Waals surface area contributed by atoms with Gasteiger partial charge in [-0.25, -0.2) is 9.59 Å². The Morgan fingerprint density at radius 2 is 2.20 bits per heavy atom. The number of aliphatic carboxylic acids is 1. The Bertz CT molecular complexity index is 385. The van der Waals surface area contributed by atoms with E-state index in [0.29, 0.717) is 6.61 Å². The van der Waals surface area contributed by atoms with Crippen molar-refractivity contribution in [1.29, 1.82) is 0 Å². The second kappa shape index (κ2) is 7.09. The summed E-state index contributed by atoms with van der Waals surface area (Å²) in [4.78, 5) is 35.7. The molecule has 2 unspecified atom stereocenters. The Morgan fingerprint density at radius 1 is 1.55 bits per heavy atom. The van der Waals surface area contributed by atoms with Crippen LogP contribution < -0.4 is 10.6 Å². The van der Waals surface area contributed by atoms with Crippen LogP contribution in [0.5, 0.6) is 0 Å². The minimum atomic E-state index is -1.15. The maximum atomic E-state index is 12.2. The molecule has 8 nitrogen and oxygen atoms in total. The molecule has 0 aromatic rings. The summed E-state index contributed by atoms with van der Waals surface area (Å²) in [6.07, 6.45) is 0. The van der Waals surface area contributed by atoms with E-state index in [1.807, 2.05) is 13.8 Å². The van der Waals surface area contributed by atoms with Gasteiger partial charge in [0.25, 0.3) is 0 Å². The lowest BCUT2D eigenvalue weighted by atomic mass is 10.1. The van der Waals surface area contributed by atoms with E-state index in [1.165, 1.54) is 7.11 Å². The zero-order valence-corrected chi connectivity index (χ0v) is 11.9. The van der Waals surface area contributed by atoms with Crippen LogP contribution in [0, 0.1) is 5.92 Å². The van der Waals surface area contributed by atoms with Crippen molar-refractivity contribution in [3.05, 3.63) is 0 Å². The predicted molar refractivity (Wildman–Crippen MR) is 70.2 cm³/mol. The number of piperazine rings is 1. The molecule has 0 spiro atoms. The van der Waals surface area contributed by atoms with Gasteiger partial charge in [-0.3, -0.25) is 9.69 Å². The Balaban J connectivity index is 2.75. The van der Waals surface area contributed by atoms with Crippen molar-refractivity contribution in [2.24, 2.45) is 5.92 Å². The highest BCUT2D eigenvalue weighted by atomic mass is 16.5. The third kappa shape index (κ3) is 4.09. The minimum Gasteiger partial charge on any atom is -0.480 e. The summed E-state index contributed by atoms with van der Waals surface area (Å²) in [5, 5.41) is 14.2. The topological polar surface area (TPSA) is 108 Å². The van der Waals surface area contributed by atoms with Crippen molar-refractivity contribution in [3.8, 4) is 0 Å². The molecule has 0 radical (unpaired) electrons. The third-order valence-corrected chi connectivity index (χ3v) is 3.19. The standard InChI is InChI=1S/C12H21N3O5/c1-7(2)8(6-20-3)14-12(19)15-5-10(16)13-4-9(15)11(17)18/h7-9H,4-6H2,1-3H3,(H,13,16)(H,14,19)(H,17,18). The quantitative estimate of drug-likeness (QED) is 0.617. The molecule has 1 aliphatic rings. The van der Waals surface area contributed by atoms with Gasteiger partial charge in [-0.1, -0.05) is 13.8 Å². The number of rotatable bonds is 5. The summed E-state index contributed by atoms with van der Waals surface area (Å²) in [5.41, 5.74) is 0. The molecule has 1 heterocycles. The van der Waals surface area contributed by atoms with Gasteiger partial charge in [0.05, 0.1) is 12.6 Å². The fourth-order valence-electron chi connectivity index (χ4n) is 1.90. The normalized spacial score (nSPS) is 20.5. The summed E-state index contributed by atoms with van der Waals surface area (Å²) in [6, 6.07) is -1.86. The first-order valence-electron chi connectivity index (χ1n) is 6.42. The number of nitrogens with one attached hydrogen (secondary N) is 2. The lowest BCUT2D eigenvalue weighted by Gasteiger charge is -2.34. The molecule has 3 amide bonds. The zero-order valence-electron chi connectivity index (χ0n) is 11.9. The van der Waals surface area contributed by atoms with Gasteiger partial charge in [-0.15, -0.1) is 0 Å². The van der Waals surface area contributed by atoms with Crippen LogP contribution >= 0.6 is 0 Å². The number of methoxy groups -OCH3 is 1. The van der Waals surface area contributed by atoms with Crippen LogP contribution in [0.25, 0.3) is 0 Å². The Kier molecular flexibility index (Phi) is 5.75. The molecule has 1 fully saturated rings. The minimum absolute atomic E-state index is 0.0851. The highest BCUT2D eigenvalue weighted by Gasteiger charge is 2.36. The van der Waals surface area contributed by atoms with Crippen LogP contribution in [0.4, 0.5) is 4.79 Å². The third-order valence-electron chi connectivity index (χ3n) is 3.19. The second-order valence-electron chi connectivity index (χ2n) is 5.04. The Hall–Kier alpha value is -1.83. The number of carboxylic acids is 1. The monoisotopic (exact) mass is 287 g/mol. The SMILES string of the molecule is COCC(NC(=O)N1CC(=O)NCC1C(=O)O)C(C)C. The van der Waals surface area contributed by atoms with E-state index in [0.717, 1.165) is 4.90 Å². The van der Waals surface area contributed by atoms with Gasteiger partial charge in [0, 0.05) is 13.7 Å². The second-order valence-corrected chi connectivity index (χ2v) is 5.04. The molecule has 1 aliphatic heterocycles. The average molecular weight is 287 g/mol. The maximum absolute atomic E-state index is 12.2. The van der Waals surface area contributed by atoms with Gasteiger partial charge in [0.15, 0.2) is 0 Å². The van der Waals surface area contributed by atoms with Crippen LogP contribution in [-0.4, -0.2) is 66.8 Å². The van der Waals surface area contributed by atoms with Crippen molar-refractivity contribution in [1.82, 2.24) is 15.5 Å². The summed E-state index contributed by atoms with van der Waals surface area (Å²) >= 11 is 0. The lowest BCUT2D eigenvalue weighted by molar-refractivity contribution is -0.144. The predicted octanol–water partition coefficient (Wildman–Crippen LogP) is -0.748. The first-order chi connectivity index (χ1) is 9.36. The van der Waals surface area contributed by atoms with Gasteiger partial charge in [-0.2, -0.15) is 0 Å². The number of hydrogen-bond acceptors (Lipinski definition) is 4. The molecule has 114 valence electrons.